The molecular weight excluding hydrogens is 719 g/mol. The third-order valence-corrected chi connectivity index (χ3v) is 12.5. The van der Waals surface area contributed by atoms with E-state index < -0.39 is 10.6 Å². The van der Waals surface area contributed by atoms with Crippen LogP contribution in [0.4, 0.5) is 0 Å². The molecule has 8 heteroatoms. The van der Waals surface area contributed by atoms with E-state index in [1.807, 2.05) is 6.92 Å². The predicted molar refractivity (Wildman–Crippen MR) is 245 cm³/mol. The molecule has 2 atom stereocenters. The molecule has 0 fully saturated rings. The van der Waals surface area contributed by atoms with E-state index in [1.165, 1.54) is 135 Å². The lowest BCUT2D eigenvalue weighted by molar-refractivity contribution is -0.149. The number of unbranched alkanes of at least 4 members (excludes halogenated alkanes) is 23. The zero-order valence-corrected chi connectivity index (χ0v) is 39.4. The van der Waals surface area contributed by atoms with Crippen molar-refractivity contribution in [3.63, 3.8) is 0 Å². The molecule has 0 aliphatic carbocycles. The van der Waals surface area contributed by atoms with Gasteiger partial charge in [0.15, 0.2) is 6.29 Å². The van der Waals surface area contributed by atoms with E-state index >= 15 is 0 Å². The summed E-state index contributed by atoms with van der Waals surface area (Å²) < 4.78 is 24.5. The predicted octanol–water partition coefficient (Wildman–Crippen LogP) is 14.3. The molecule has 1 N–H and O–H groups in total. The number of hydrogen-bond donors (Lipinski definition) is 1. The number of ether oxygens (including phenoxy) is 2. The summed E-state index contributed by atoms with van der Waals surface area (Å²) in [5, 5.41) is 9.34. The van der Waals surface area contributed by atoms with Crippen LogP contribution in [0.2, 0.25) is 0 Å². The number of aliphatic hydroxyl groups is 1. The Morgan fingerprint density at radius 3 is 1.43 bits per heavy atom. The van der Waals surface area contributed by atoms with Crippen LogP contribution in [0.1, 0.15) is 233 Å². The molecule has 0 saturated carbocycles. The first-order valence-corrected chi connectivity index (χ1v) is 26.8. The smallest absolute Gasteiger partial charge is 0.308 e. The average molecular weight is 818 g/mol. The van der Waals surface area contributed by atoms with E-state index in [4.69, 9.17) is 17.8 Å². The Balaban J connectivity index is 4.29. The third-order valence-electron chi connectivity index (χ3n) is 11.1. The van der Waals surface area contributed by atoms with E-state index in [0.29, 0.717) is 13.2 Å². The van der Waals surface area contributed by atoms with Crippen LogP contribution in [0, 0.1) is 5.92 Å². The second kappa shape index (κ2) is 42.7. The van der Waals surface area contributed by atoms with Crippen molar-refractivity contribution in [3.05, 3.63) is 0 Å². The maximum atomic E-state index is 13.0. The molecule has 0 aliphatic rings. The normalized spacial score (nSPS) is 13.4. The topological polar surface area (TPSA) is 77.5 Å². The van der Waals surface area contributed by atoms with Crippen molar-refractivity contribution in [1.82, 2.24) is 4.90 Å². The molecule has 338 valence electrons. The standard InChI is InChI=1S/C48H99NO6S/c1-7-11-14-17-19-20-21-23-30-39-47(52-10-4)55-56(5,6)54-45-36-27-25-32-41-49(42-33-34-43-50)40-31-24-26-35-44-53-48(51)46(37-28-16-13-9-3)38-29-22-18-15-12-8-2/h46-47,50H,7-45H2,1-6H3. The minimum atomic E-state index is -1.60. The van der Waals surface area contributed by atoms with E-state index in [9.17, 15) is 9.90 Å². The highest BCUT2D eigenvalue weighted by atomic mass is 32.3. The summed E-state index contributed by atoms with van der Waals surface area (Å²) in [6, 6.07) is 0. The van der Waals surface area contributed by atoms with Crippen molar-refractivity contribution in [1.29, 1.82) is 0 Å². The van der Waals surface area contributed by atoms with Crippen LogP contribution in [0.3, 0.4) is 0 Å². The number of hydrogen-bond acceptors (Lipinski definition) is 7. The minimum Gasteiger partial charge on any atom is -0.465 e. The summed E-state index contributed by atoms with van der Waals surface area (Å²) in [4.78, 5) is 15.6. The fraction of sp³-hybridized carbons (Fsp3) is 0.979. The molecule has 0 bridgehead atoms. The minimum absolute atomic E-state index is 0.0600. The van der Waals surface area contributed by atoms with Crippen LogP contribution in [0.5, 0.6) is 0 Å². The Hall–Kier alpha value is -0.380. The Labute approximate surface area is 352 Å². The number of nitrogens with zero attached hydrogens (tertiary/aromatic N) is 1. The fourth-order valence-electron chi connectivity index (χ4n) is 7.54. The van der Waals surface area contributed by atoms with Crippen molar-refractivity contribution in [2.75, 3.05) is 58.6 Å². The van der Waals surface area contributed by atoms with E-state index in [1.54, 1.807) is 0 Å². The second-order valence-corrected chi connectivity index (χ2v) is 19.6. The molecule has 56 heavy (non-hydrogen) atoms. The zero-order valence-electron chi connectivity index (χ0n) is 38.6. The van der Waals surface area contributed by atoms with Gasteiger partial charge >= 0.3 is 5.97 Å². The number of carbonyl (C=O) groups is 1. The molecular formula is C48H99NO6S. The lowest BCUT2D eigenvalue weighted by atomic mass is 9.94. The van der Waals surface area contributed by atoms with Gasteiger partial charge in [0.25, 0.3) is 0 Å². The Kier molecular flexibility index (Phi) is 42.4. The van der Waals surface area contributed by atoms with Gasteiger partial charge in [0.1, 0.15) is 0 Å². The van der Waals surface area contributed by atoms with Gasteiger partial charge in [0.2, 0.25) is 0 Å². The van der Waals surface area contributed by atoms with Crippen LogP contribution < -0.4 is 0 Å². The molecule has 0 rings (SSSR count). The molecule has 0 spiro atoms. The molecule has 0 aromatic rings. The SMILES string of the molecule is CCCCCCCCCCCC(OCC)OS(C)(C)OCCCCCCN(CCCCO)CCCCCCOC(=O)C(CCCCCC)CCCCCCCC. The first kappa shape index (κ1) is 55.6. The van der Waals surface area contributed by atoms with Crippen LogP contribution in [-0.2, 0) is 22.6 Å². The molecule has 0 aliphatic heterocycles. The molecule has 7 nitrogen and oxygen atoms in total. The first-order valence-electron chi connectivity index (χ1n) is 24.5. The van der Waals surface area contributed by atoms with Crippen LogP contribution in [0.25, 0.3) is 0 Å². The average Bonchev–Trinajstić information content (AvgIpc) is 3.18. The maximum Gasteiger partial charge on any atom is 0.308 e. The summed E-state index contributed by atoms with van der Waals surface area (Å²) in [5.41, 5.74) is 0. The summed E-state index contributed by atoms with van der Waals surface area (Å²) in [5.74, 6) is 0.155. The van der Waals surface area contributed by atoms with Crippen molar-refractivity contribution in [2.24, 2.45) is 5.92 Å². The quantitative estimate of drug-likeness (QED) is 0.0372. The summed E-state index contributed by atoms with van der Waals surface area (Å²) >= 11 is 0. The molecule has 0 radical (unpaired) electrons. The Morgan fingerprint density at radius 1 is 0.518 bits per heavy atom. The highest BCUT2D eigenvalue weighted by molar-refractivity contribution is 8.24. The van der Waals surface area contributed by atoms with Gasteiger partial charge in [-0.3, -0.25) is 13.2 Å². The Bertz CT molecular complexity index is 802. The Morgan fingerprint density at radius 2 is 0.929 bits per heavy atom. The van der Waals surface area contributed by atoms with Gasteiger partial charge in [0.05, 0.1) is 19.1 Å². The molecule has 0 aromatic carbocycles. The van der Waals surface area contributed by atoms with Gasteiger partial charge in [-0.1, -0.05) is 162 Å². The first-order chi connectivity index (χ1) is 27.3. The molecule has 0 aromatic heterocycles. The molecule has 2 unspecified atom stereocenters. The van der Waals surface area contributed by atoms with E-state index in [0.717, 1.165) is 96.9 Å². The largest absolute Gasteiger partial charge is 0.465 e. The molecule has 0 heterocycles. The van der Waals surface area contributed by atoms with Crippen molar-refractivity contribution in [3.8, 4) is 0 Å². The monoisotopic (exact) mass is 818 g/mol. The van der Waals surface area contributed by atoms with Gasteiger partial charge in [-0.15, -0.1) is 0 Å². The number of aliphatic hydroxyl groups excluding tert-OH is 1. The van der Waals surface area contributed by atoms with Crippen molar-refractivity contribution >= 4 is 16.6 Å². The maximum absolute atomic E-state index is 13.0. The van der Waals surface area contributed by atoms with Gasteiger partial charge < -0.3 is 19.5 Å². The fourth-order valence-corrected chi connectivity index (χ4v) is 8.78. The van der Waals surface area contributed by atoms with Crippen LogP contribution in [0.15, 0.2) is 0 Å². The number of esters is 1. The van der Waals surface area contributed by atoms with E-state index in [2.05, 4.69) is 38.2 Å². The summed E-state index contributed by atoms with van der Waals surface area (Å²) in [6.07, 6.45) is 42.4. The third kappa shape index (κ3) is 37.9. The van der Waals surface area contributed by atoms with Gasteiger partial charge in [-0.2, -0.15) is 10.6 Å². The summed E-state index contributed by atoms with van der Waals surface area (Å²) in [6.45, 7) is 14.4. The zero-order chi connectivity index (χ0) is 41.2. The van der Waals surface area contributed by atoms with Crippen LogP contribution >= 0.6 is 10.6 Å². The van der Waals surface area contributed by atoms with E-state index in [-0.39, 0.29) is 24.8 Å². The lowest BCUT2D eigenvalue weighted by Crippen LogP contribution is -2.27. The lowest BCUT2D eigenvalue weighted by Gasteiger charge is -2.38. The highest BCUT2D eigenvalue weighted by Gasteiger charge is 2.20. The molecule has 0 amide bonds. The second-order valence-electron chi connectivity index (χ2n) is 16.9. The van der Waals surface area contributed by atoms with Crippen LogP contribution in [-0.4, -0.2) is 80.8 Å². The van der Waals surface area contributed by atoms with Gasteiger partial charge in [-0.25, -0.2) is 0 Å². The van der Waals surface area contributed by atoms with Gasteiger partial charge in [0, 0.05) is 32.1 Å². The number of carbonyl (C=O) groups excluding carboxylic acids is 1. The van der Waals surface area contributed by atoms with Crippen molar-refractivity contribution in [2.45, 2.75) is 239 Å². The van der Waals surface area contributed by atoms with Crippen molar-refractivity contribution < 1.29 is 27.7 Å². The van der Waals surface area contributed by atoms with Gasteiger partial charge in [-0.05, 0) is 84.3 Å². The highest BCUT2D eigenvalue weighted by Crippen LogP contribution is 2.44. The number of rotatable bonds is 46. The molecule has 0 saturated heterocycles. The summed E-state index contributed by atoms with van der Waals surface area (Å²) in [7, 11) is -1.60.